The monoisotopic (exact) mass is 315 g/mol. The third-order valence-corrected chi connectivity index (χ3v) is 3.83. The molecular weight excluding hydrogens is 294 g/mol. The van der Waals surface area contributed by atoms with Crippen molar-refractivity contribution in [3.8, 4) is 0 Å². The summed E-state index contributed by atoms with van der Waals surface area (Å²) in [5.74, 6) is -0.306. The summed E-state index contributed by atoms with van der Waals surface area (Å²) < 4.78 is 0. The van der Waals surface area contributed by atoms with E-state index < -0.39 is 0 Å². The van der Waals surface area contributed by atoms with Crippen LogP contribution < -0.4 is 5.32 Å². The third kappa shape index (κ3) is 4.67. The van der Waals surface area contributed by atoms with Crippen LogP contribution in [0.2, 0.25) is 0 Å². The summed E-state index contributed by atoms with van der Waals surface area (Å²) in [7, 11) is 0. The lowest BCUT2D eigenvalue weighted by Crippen LogP contribution is -2.36. The van der Waals surface area contributed by atoms with Crippen molar-refractivity contribution in [2.45, 2.75) is 12.8 Å². The minimum Gasteiger partial charge on any atom is -0.343 e. The molecule has 1 saturated heterocycles. The SMILES string of the molecule is C=CC(=O)Nc1ccccc1CC(=O)N1CCCN(C=O)CC1. The van der Waals surface area contributed by atoms with Gasteiger partial charge in [-0.25, -0.2) is 0 Å². The van der Waals surface area contributed by atoms with Crippen LogP contribution in [-0.4, -0.2) is 54.2 Å². The van der Waals surface area contributed by atoms with Crippen molar-refractivity contribution < 1.29 is 14.4 Å². The summed E-state index contributed by atoms with van der Waals surface area (Å²) in [4.78, 5) is 38.3. The van der Waals surface area contributed by atoms with E-state index in [1.54, 1.807) is 21.9 Å². The van der Waals surface area contributed by atoms with Crippen molar-refractivity contribution in [3.05, 3.63) is 42.5 Å². The number of nitrogens with one attached hydrogen (secondary N) is 1. The van der Waals surface area contributed by atoms with Crippen LogP contribution in [0.4, 0.5) is 5.69 Å². The van der Waals surface area contributed by atoms with Crippen LogP contribution >= 0.6 is 0 Å². The van der Waals surface area contributed by atoms with Gasteiger partial charge in [0.15, 0.2) is 0 Å². The number of carbonyl (C=O) groups is 3. The smallest absolute Gasteiger partial charge is 0.247 e. The number of nitrogens with zero attached hydrogens (tertiary/aromatic N) is 2. The van der Waals surface area contributed by atoms with Crippen LogP contribution in [0, 0.1) is 0 Å². The van der Waals surface area contributed by atoms with Crippen molar-refractivity contribution in [2.24, 2.45) is 0 Å². The number of hydrogen-bond acceptors (Lipinski definition) is 3. The molecule has 3 amide bonds. The molecule has 122 valence electrons. The second-order valence-electron chi connectivity index (χ2n) is 5.40. The fourth-order valence-electron chi connectivity index (χ4n) is 2.55. The zero-order chi connectivity index (χ0) is 16.7. The van der Waals surface area contributed by atoms with E-state index in [4.69, 9.17) is 0 Å². The molecule has 0 radical (unpaired) electrons. The van der Waals surface area contributed by atoms with Crippen LogP contribution in [0.3, 0.4) is 0 Å². The molecule has 0 spiro atoms. The summed E-state index contributed by atoms with van der Waals surface area (Å²) in [6.07, 6.45) is 3.02. The first-order valence-corrected chi connectivity index (χ1v) is 7.62. The molecule has 1 heterocycles. The van der Waals surface area contributed by atoms with E-state index in [0.717, 1.165) is 18.4 Å². The number of anilines is 1. The molecule has 1 aliphatic rings. The molecule has 1 aliphatic heterocycles. The molecule has 1 aromatic rings. The maximum absolute atomic E-state index is 12.5. The lowest BCUT2D eigenvalue weighted by molar-refractivity contribution is -0.130. The van der Waals surface area contributed by atoms with E-state index in [2.05, 4.69) is 11.9 Å². The molecule has 0 atom stereocenters. The van der Waals surface area contributed by atoms with Gasteiger partial charge in [-0.1, -0.05) is 24.8 Å². The van der Waals surface area contributed by atoms with E-state index in [-0.39, 0.29) is 18.2 Å². The quantitative estimate of drug-likeness (QED) is 0.652. The summed E-state index contributed by atoms with van der Waals surface area (Å²) in [5.41, 5.74) is 1.39. The normalized spacial score (nSPS) is 14.8. The standard InChI is InChI=1S/C17H21N3O3/c1-2-16(22)18-15-7-4-3-6-14(15)12-17(23)20-9-5-8-19(13-21)10-11-20/h2-4,6-7,13H,1,5,8-12H2,(H,18,22). The molecule has 6 nitrogen and oxygen atoms in total. The Bertz CT molecular complexity index is 601. The molecule has 0 saturated carbocycles. The minimum atomic E-state index is -0.304. The van der Waals surface area contributed by atoms with Gasteiger partial charge in [0.05, 0.1) is 6.42 Å². The van der Waals surface area contributed by atoms with E-state index in [0.29, 0.717) is 31.9 Å². The Morgan fingerprint density at radius 1 is 1.17 bits per heavy atom. The molecule has 1 fully saturated rings. The molecule has 23 heavy (non-hydrogen) atoms. The van der Waals surface area contributed by atoms with E-state index in [1.807, 2.05) is 12.1 Å². The number of para-hydroxylation sites is 1. The van der Waals surface area contributed by atoms with E-state index >= 15 is 0 Å². The maximum atomic E-state index is 12.5. The lowest BCUT2D eigenvalue weighted by atomic mass is 10.1. The Labute approximate surface area is 135 Å². The van der Waals surface area contributed by atoms with Gasteiger partial charge in [0.25, 0.3) is 0 Å². The largest absolute Gasteiger partial charge is 0.343 e. The summed E-state index contributed by atoms with van der Waals surface area (Å²) in [6, 6.07) is 7.23. The van der Waals surface area contributed by atoms with Crippen molar-refractivity contribution in [1.82, 2.24) is 9.80 Å². The zero-order valence-corrected chi connectivity index (χ0v) is 13.0. The van der Waals surface area contributed by atoms with Gasteiger partial charge >= 0.3 is 0 Å². The van der Waals surface area contributed by atoms with Crippen molar-refractivity contribution in [2.75, 3.05) is 31.5 Å². The van der Waals surface area contributed by atoms with Crippen molar-refractivity contribution in [1.29, 1.82) is 0 Å². The highest BCUT2D eigenvalue weighted by molar-refractivity contribution is 5.99. The Kier molecular flexibility index (Phi) is 5.91. The highest BCUT2D eigenvalue weighted by atomic mass is 16.2. The number of rotatable bonds is 5. The van der Waals surface area contributed by atoms with Crippen LogP contribution in [0.5, 0.6) is 0 Å². The average molecular weight is 315 g/mol. The molecule has 0 aliphatic carbocycles. The van der Waals surface area contributed by atoms with Gasteiger partial charge < -0.3 is 15.1 Å². The van der Waals surface area contributed by atoms with Gasteiger partial charge in [0, 0.05) is 31.9 Å². The molecule has 0 unspecified atom stereocenters. The third-order valence-electron chi connectivity index (χ3n) is 3.83. The minimum absolute atomic E-state index is 0.00180. The summed E-state index contributed by atoms with van der Waals surface area (Å²) >= 11 is 0. The first-order chi connectivity index (χ1) is 11.1. The summed E-state index contributed by atoms with van der Waals surface area (Å²) in [6.45, 7) is 5.85. The Morgan fingerprint density at radius 3 is 2.70 bits per heavy atom. The van der Waals surface area contributed by atoms with E-state index in [9.17, 15) is 14.4 Å². The highest BCUT2D eigenvalue weighted by Crippen LogP contribution is 2.17. The first-order valence-electron chi connectivity index (χ1n) is 7.62. The number of benzene rings is 1. The lowest BCUT2D eigenvalue weighted by Gasteiger charge is -2.21. The number of amides is 3. The number of hydrogen-bond donors (Lipinski definition) is 1. The zero-order valence-electron chi connectivity index (χ0n) is 13.0. The van der Waals surface area contributed by atoms with Crippen LogP contribution in [0.15, 0.2) is 36.9 Å². The van der Waals surface area contributed by atoms with Gasteiger partial charge in [-0.2, -0.15) is 0 Å². The van der Waals surface area contributed by atoms with Gasteiger partial charge in [-0.15, -0.1) is 0 Å². The average Bonchev–Trinajstić information content (AvgIpc) is 2.82. The molecular formula is C17H21N3O3. The van der Waals surface area contributed by atoms with Gasteiger partial charge in [0.2, 0.25) is 18.2 Å². The first kappa shape index (κ1) is 16.7. The highest BCUT2D eigenvalue weighted by Gasteiger charge is 2.19. The second kappa shape index (κ2) is 8.12. The van der Waals surface area contributed by atoms with Crippen LogP contribution in [-0.2, 0) is 20.8 Å². The van der Waals surface area contributed by atoms with Crippen molar-refractivity contribution >= 4 is 23.9 Å². The topological polar surface area (TPSA) is 69.7 Å². The molecule has 6 heteroatoms. The molecule has 0 aromatic heterocycles. The van der Waals surface area contributed by atoms with Gasteiger partial charge in [-0.05, 0) is 24.1 Å². The fourth-order valence-corrected chi connectivity index (χ4v) is 2.55. The summed E-state index contributed by atoms with van der Waals surface area (Å²) in [5, 5.41) is 2.71. The van der Waals surface area contributed by atoms with Gasteiger partial charge in [0.1, 0.15) is 0 Å². The Balaban J connectivity index is 2.03. The Morgan fingerprint density at radius 2 is 1.96 bits per heavy atom. The molecule has 2 rings (SSSR count). The molecule has 1 aromatic carbocycles. The van der Waals surface area contributed by atoms with Crippen LogP contribution in [0.25, 0.3) is 0 Å². The molecule has 1 N–H and O–H groups in total. The molecule has 0 bridgehead atoms. The second-order valence-corrected chi connectivity index (χ2v) is 5.40. The van der Waals surface area contributed by atoms with Gasteiger partial charge in [-0.3, -0.25) is 14.4 Å². The van der Waals surface area contributed by atoms with E-state index in [1.165, 1.54) is 6.08 Å². The predicted molar refractivity (Wildman–Crippen MR) is 87.8 cm³/mol. The van der Waals surface area contributed by atoms with Crippen LogP contribution in [0.1, 0.15) is 12.0 Å². The fraction of sp³-hybridized carbons (Fsp3) is 0.353. The van der Waals surface area contributed by atoms with Crippen molar-refractivity contribution in [3.63, 3.8) is 0 Å². The number of carbonyl (C=O) groups excluding carboxylic acids is 3. The predicted octanol–water partition coefficient (Wildman–Crippen LogP) is 1.04. The maximum Gasteiger partial charge on any atom is 0.247 e. The Hall–Kier alpha value is -2.63.